The first-order valence-corrected chi connectivity index (χ1v) is 9.37. The highest BCUT2D eigenvalue weighted by atomic mass is 127. The van der Waals surface area contributed by atoms with Gasteiger partial charge in [0.2, 0.25) is 5.91 Å². The van der Waals surface area contributed by atoms with Crippen molar-refractivity contribution in [1.82, 2.24) is 15.5 Å². The molecule has 1 aromatic carbocycles. The van der Waals surface area contributed by atoms with Crippen LogP contribution in [0.2, 0.25) is 0 Å². The minimum Gasteiger partial charge on any atom is -0.357 e. The zero-order chi connectivity index (χ0) is 19.2. The van der Waals surface area contributed by atoms with E-state index in [0.29, 0.717) is 24.6 Å². The lowest BCUT2D eigenvalue weighted by Gasteiger charge is -2.31. The topological polar surface area (TPSA) is 56.7 Å². The number of benzene rings is 1. The third-order valence-corrected chi connectivity index (χ3v) is 5.00. The number of carbonyl (C=O) groups is 1. The molecule has 0 aromatic heterocycles. The Balaban J connectivity index is 0.00000364. The predicted molar refractivity (Wildman–Crippen MR) is 119 cm³/mol. The molecule has 0 saturated heterocycles. The molecular weight excluding hydrogens is 458 g/mol. The average molecular weight is 490 g/mol. The van der Waals surface area contributed by atoms with E-state index in [4.69, 9.17) is 0 Å². The summed E-state index contributed by atoms with van der Waals surface area (Å²) >= 11 is 0. The molecule has 7 heteroatoms. The normalized spacial score (nSPS) is 15.8. The molecule has 2 rings (SSSR count). The van der Waals surface area contributed by atoms with Crippen molar-refractivity contribution >= 4 is 35.8 Å². The Morgan fingerprint density at radius 2 is 1.93 bits per heavy atom. The van der Waals surface area contributed by atoms with Crippen molar-refractivity contribution in [2.75, 3.05) is 27.2 Å². The van der Waals surface area contributed by atoms with Crippen LogP contribution < -0.4 is 10.6 Å². The summed E-state index contributed by atoms with van der Waals surface area (Å²) in [4.78, 5) is 19.0. The number of halogens is 2. The van der Waals surface area contributed by atoms with Gasteiger partial charge in [-0.05, 0) is 43.9 Å². The van der Waals surface area contributed by atoms with Gasteiger partial charge in [0, 0.05) is 27.2 Å². The van der Waals surface area contributed by atoms with Crippen LogP contribution in [0.4, 0.5) is 4.39 Å². The minimum atomic E-state index is -0.341. The molecule has 0 heterocycles. The molecule has 27 heavy (non-hydrogen) atoms. The van der Waals surface area contributed by atoms with Gasteiger partial charge in [-0.25, -0.2) is 9.38 Å². The molecule has 1 aliphatic carbocycles. The summed E-state index contributed by atoms with van der Waals surface area (Å²) in [6.45, 7) is 5.55. The summed E-state index contributed by atoms with van der Waals surface area (Å²) < 4.78 is 13.4. The zero-order valence-electron chi connectivity index (χ0n) is 16.8. The van der Waals surface area contributed by atoms with Crippen molar-refractivity contribution in [3.63, 3.8) is 0 Å². The van der Waals surface area contributed by atoms with Crippen molar-refractivity contribution in [1.29, 1.82) is 0 Å². The van der Waals surface area contributed by atoms with E-state index < -0.39 is 0 Å². The zero-order valence-corrected chi connectivity index (χ0v) is 19.1. The van der Waals surface area contributed by atoms with Gasteiger partial charge in [0.05, 0.1) is 12.0 Å². The van der Waals surface area contributed by atoms with Crippen LogP contribution in [0.1, 0.15) is 43.7 Å². The Bertz CT molecular complexity index is 657. The summed E-state index contributed by atoms with van der Waals surface area (Å²) in [5, 5.41) is 6.58. The van der Waals surface area contributed by atoms with E-state index in [1.54, 1.807) is 17.9 Å². The van der Waals surface area contributed by atoms with Crippen LogP contribution in [0.15, 0.2) is 23.2 Å². The van der Waals surface area contributed by atoms with E-state index in [9.17, 15) is 9.18 Å². The molecule has 1 aliphatic rings. The van der Waals surface area contributed by atoms with Crippen molar-refractivity contribution in [2.24, 2.45) is 10.4 Å². The minimum absolute atomic E-state index is 0. The number of carbonyl (C=O) groups excluding carboxylic acids is 1. The maximum atomic E-state index is 13.4. The number of aryl methyl sites for hydroxylation is 1. The first-order chi connectivity index (χ1) is 12.4. The van der Waals surface area contributed by atoms with Crippen LogP contribution >= 0.6 is 24.0 Å². The fourth-order valence-electron chi connectivity index (χ4n) is 3.56. The summed E-state index contributed by atoms with van der Waals surface area (Å²) in [5.74, 6) is 0.674. The maximum Gasteiger partial charge on any atom is 0.230 e. The highest BCUT2D eigenvalue weighted by Crippen LogP contribution is 2.38. The highest BCUT2D eigenvalue weighted by Gasteiger charge is 2.42. The van der Waals surface area contributed by atoms with E-state index in [2.05, 4.69) is 15.6 Å². The van der Waals surface area contributed by atoms with Crippen LogP contribution in [-0.4, -0.2) is 44.0 Å². The molecule has 0 atom stereocenters. The number of amides is 1. The van der Waals surface area contributed by atoms with Crippen molar-refractivity contribution in [3.05, 3.63) is 35.1 Å². The molecule has 1 saturated carbocycles. The quantitative estimate of drug-likeness (QED) is 0.365. The Hall–Kier alpha value is -1.38. The summed E-state index contributed by atoms with van der Waals surface area (Å²) in [6.07, 6.45) is 3.99. The van der Waals surface area contributed by atoms with E-state index in [1.165, 1.54) is 6.07 Å². The van der Waals surface area contributed by atoms with Crippen LogP contribution in [0, 0.1) is 18.2 Å². The monoisotopic (exact) mass is 490 g/mol. The van der Waals surface area contributed by atoms with E-state index >= 15 is 0 Å². The average Bonchev–Trinajstić information content (AvgIpc) is 3.09. The molecule has 0 radical (unpaired) electrons. The van der Waals surface area contributed by atoms with Gasteiger partial charge in [-0.3, -0.25) is 4.79 Å². The molecular formula is C20H32FIN4O. The van der Waals surface area contributed by atoms with Gasteiger partial charge < -0.3 is 15.5 Å². The molecule has 1 aromatic rings. The smallest absolute Gasteiger partial charge is 0.230 e. The van der Waals surface area contributed by atoms with Gasteiger partial charge in [0.25, 0.3) is 0 Å². The van der Waals surface area contributed by atoms with Gasteiger partial charge in [0.1, 0.15) is 5.82 Å². The Morgan fingerprint density at radius 1 is 1.26 bits per heavy atom. The summed E-state index contributed by atoms with van der Waals surface area (Å²) in [6, 6.07) is 5.05. The number of hydrogen-bond acceptors (Lipinski definition) is 2. The molecule has 152 valence electrons. The number of rotatable bonds is 6. The molecule has 0 bridgehead atoms. The number of nitrogens with zero attached hydrogens (tertiary/aromatic N) is 2. The SMILES string of the molecule is CCNC(=NCc1ccc(F)c(C)c1)NCC1(C(=O)N(C)C)CCCC1.I. The van der Waals surface area contributed by atoms with Crippen LogP contribution in [0.5, 0.6) is 0 Å². The molecule has 0 spiro atoms. The third-order valence-electron chi connectivity index (χ3n) is 5.00. The summed E-state index contributed by atoms with van der Waals surface area (Å²) in [5.41, 5.74) is 1.24. The van der Waals surface area contributed by atoms with Gasteiger partial charge in [-0.2, -0.15) is 0 Å². The first kappa shape index (κ1) is 23.7. The number of aliphatic imine (C=N–C) groups is 1. The maximum absolute atomic E-state index is 13.4. The lowest BCUT2D eigenvalue weighted by atomic mass is 9.84. The van der Waals surface area contributed by atoms with Crippen molar-refractivity contribution < 1.29 is 9.18 Å². The van der Waals surface area contributed by atoms with Gasteiger partial charge in [-0.1, -0.05) is 25.0 Å². The first-order valence-electron chi connectivity index (χ1n) is 9.37. The number of hydrogen-bond donors (Lipinski definition) is 2. The van der Waals surface area contributed by atoms with E-state index in [0.717, 1.165) is 37.8 Å². The Labute approximate surface area is 179 Å². The van der Waals surface area contributed by atoms with Crippen LogP contribution in [0.25, 0.3) is 0 Å². The molecule has 1 amide bonds. The van der Waals surface area contributed by atoms with Crippen LogP contribution in [-0.2, 0) is 11.3 Å². The molecule has 1 fully saturated rings. The second kappa shape index (κ2) is 10.8. The van der Waals surface area contributed by atoms with Gasteiger partial charge in [-0.15, -0.1) is 24.0 Å². The fourth-order valence-corrected chi connectivity index (χ4v) is 3.56. The van der Waals surface area contributed by atoms with Crippen molar-refractivity contribution in [3.8, 4) is 0 Å². The van der Waals surface area contributed by atoms with E-state index in [1.807, 2.05) is 27.1 Å². The van der Waals surface area contributed by atoms with Crippen LogP contribution in [0.3, 0.4) is 0 Å². The number of nitrogens with one attached hydrogen (secondary N) is 2. The third kappa shape index (κ3) is 6.33. The van der Waals surface area contributed by atoms with Gasteiger partial charge in [0.15, 0.2) is 5.96 Å². The molecule has 0 unspecified atom stereocenters. The standard InChI is InChI=1S/C20H31FN4O.HI/c1-5-22-19(23-13-16-8-9-17(21)15(2)12-16)24-14-20(10-6-7-11-20)18(26)25(3)4;/h8-9,12H,5-7,10-11,13-14H2,1-4H3,(H2,22,23,24);1H. The lowest BCUT2D eigenvalue weighted by Crippen LogP contribution is -2.49. The number of guanidine groups is 1. The lowest BCUT2D eigenvalue weighted by molar-refractivity contribution is -0.138. The molecule has 2 N–H and O–H groups in total. The Morgan fingerprint density at radius 3 is 2.48 bits per heavy atom. The van der Waals surface area contributed by atoms with Crippen molar-refractivity contribution in [2.45, 2.75) is 46.1 Å². The highest BCUT2D eigenvalue weighted by molar-refractivity contribution is 14.0. The van der Waals surface area contributed by atoms with E-state index in [-0.39, 0.29) is 41.1 Å². The van der Waals surface area contributed by atoms with Gasteiger partial charge >= 0.3 is 0 Å². The summed E-state index contributed by atoms with van der Waals surface area (Å²) in [7, 11) is 3.64. The fraction of sp³-hybridized carbons (Fsp3) is 0.600. The second-order valence-corrected chi connectivity index (χ2v) is 7.32. The largest absolute Gasteiger partial charge is 0.357 e. The molecule has 0 aliphatic heterocycles. The predicted octanol–water partition coefficient (Wildman–Crippen LogP) is 3.46. The molecule has 5 nitrogen and oxygen atoms in total. The second-order valence-electron chi connectivity index (χ2n) is 7.32. The Kier molecular flexibility index (Phi) is 9.49.